The number of rotatable bonds is 9. The summed E-state index contributed by atoms with van der Waals surface area (Å²) in [5, 5.41) is 4.73. The molecule has 158 valence electrons. The molecule has 3 rings (SSSR count). The second kappa shape index (κ2) is 10.2. The molecule has 1 atom stereocenters. The number of sulfonamides is 1. The molecule has 8 heteroatoms. The van der Waals surface area contributed by atoms with Gasteiger partial charge in [0.15, 0.2) is 0 Å². The average molecular weight is 437 g/mol. The van der Waals surface area contributed by atoms with E-state index in [-0.39, 0.29) is 18.4 Å². The molecule has 1 aliphatic rings. The van der Waals surface area contributed by atoms with E-state index in [0.29, 0.717) is 30.3 Å². The zero-order valence-corrected chi connectivity index (χ0v) is 18.3. The number of amides is 1. The molecule has 1 aromatic heterocycles. The highest BCUT2D eigenvalue weighted by molar-refractivity contribution is 7.91. The van der Waals surface area contributed by atoms with Crippen LogP contribution in [-0.2, 0) is 21.2 Å². The highest BCUT2D eigenvalue weighted by Gasteiger charge is 2.33. The number of nitrogens with one attached hydrogen (secondary N) is 1. The van der Waals surface area contributed by atoms with Crippen molar-refractivity contribution in [1.29, 1.82) is 0 Å². The van der Waals surface area contributed by atoms with Gasteiger partial charge in [0.25, 0.3) is 10.0 Å². The topological polar surface area (TPSA) is 75.7 Å². The van der Waals surface area contributed by atoms with Crippen molar-refractivity contribution in [2.24, 2.45) is 5.92 Å². The highest BCUT2D eigenvalue weighted by Crippen LogP contribution is 2.26. The Morgan fingerprint density at radius 1 is 1.28 bits per heavy atom. The molecule has 1 amide bonds. The number of piperidine rings is 1. The van der Waals surface area contributed by atoms with Gasteiger partial charge in [0.1, 0.15) is 9.96 Å². The number of carbonyl (C=O) groups excluding carboxylic acids is 1. The highest BCUT2D eigenvalue weighted by atomic mass is 32.2. The molecular formula is C21H28N2O4S2. The van der Waals surface area contributed by atoms with E-state index >= 15 is 0 Å². The van der Waals surface area contributed by atoms with Crippen LogP contribution in [0.1, 0.15) is 31.7 Å². The molecule has 2 heterocycles. The first kappa shape index (κ1) is 21.8. The third kappa shape index (κ3) is 5.81. The lowest BCUT2D eigenvalue weighted by Gasteiger charge is -2.30. The molecule has 1 aliphatic heterocycles. The van der Waals surface area contributed by atoms with Gasteiger partial charge in [-0.1, -0.05) is 18.2 Å². The fourth-order valence-electron chi connectivity index (χ4n) is 3.48. The SMILES string of the molecule is CCOc1ccc(CCCNC(=O)[C@H]2CCCN(S(=O)(=O)c3cccs3)C2)cc1. The summed E-state index contributed by atoms with van der Waals surface area (Å²) in [7, 11) is -3.49. The van der Waals surface area contributed by atoms with E-state index in [1.807, 2.05) is 31.2 Å². The Hall–Kier alpha value is -1.90. The molecule has 1 aromatic carbocycles. The van der Waals surface area contributed by atoms with Crippen LogP contribution in [0, 0.1) is 5.92 Å². The van der Waals surface area contributed by atoms with Gasteiger partial charge >= 0.3 is 0 Å². The standard InChI is InChI=1S/C21H28N2O4S2/c1-2-27-19-11-9-17(10-12-19)6-3-13-22-21(24)18-7-4-14-23(16-18)29(25,26)20-8-5-15-28-20/h5,8-12,15,18H,2-4,6-7,13-14,16H2,1H3,(H,22,24)/t18-/m0/s1. The maximum absolute atomic E-state index is 12.7. The van der Waals surface area contributed by atoms with E-state index < -0.39 is 10.0 Å². The zero-order chi connectivity index (χ0) is 20.7. The number of aryl methyl sites for hydroxylation is 1. The Morgan fingerprint density at radius 3 is 2.76 bits per heavy atom. The second-order valence-corrected chi connectivity index (χ2v) is 10.2. The van der Waals surface area contributed by atoms with Crippen molar-refractivity contribution in [3.63, 3.8) is 0 Å². The van der Waals surface area contributed by atoms with Gasteiger partial charge in [-0.15, -0.1) is 11.3 Å². The first-order chi connectivity index (χ1) is 14.0. The summed E-state index contributed by atoms with van der Waals surface area (Å²) >= 11 is 1.21. The van der Waals surface area contributed by atoms with Crippen LogP contribution in [0.2, 0.25) is 0 Å². The van der Waals surface area contributed by atoms with Gasteiger partial charge in [0, 0.05) is 19.6 Å². The van der Waals surface area contributed by atoms with Gasteiger partial charge in [-0.05, 0) is 61.7 Å². The molecule has 0 spiro atoms. The van der Waals surface area contributed by atoms with Crippen LogP contribution in [-0.4, -0.2) is 44.9 Å². The quantitative estimate of drug-likeness (QED) is 0.612. The first-order valence-corrected chi connectivity index (χ1v) is 12.4. The summed E-state index contributed by atoms with van der Waals surface area (Å²) in [6.45, 7) is 3.92. The Balaban J connectivity index is 1.44. The van der Waals surface area contributed by atoms with Gasteiger partial charge in [-0.3, -0.25) is 4.79 Å². The minimum Gasteiger partial charge on any atom is -0.494 e. The van der Waals surface area contributed by atoms with Crippen molar-refractivity contribution in [3.8, 4) is 5.75 Å². The van der Waals surface area contributed by atoms with Crippen LogP contribution in [0.4, 0.5) is 0 Å². The van der Waals surface area contributed by atoms with Crippen LogP contribution in [0.3, 0.4) is 0 Å². The van der Waals surface area contributed by atoms with E-state index in [9.17, 15) is 13.2 Å². The normalized spacial score (nSPS) is 17.8. The summed E-state index contributed by atoms with van der Waals surface area (Å²) in [6, 6.07) is 11.4. The number of hydrogen-bond donors (Lipinski definition) is 1. The van der Waals surface area contributed by atoms with Crippen molar-refractivity contribution in [2.75, 3.05) is 26.2 Å². The van der Waals surface area contributed by atoms with Crippen LogP contribution in [0.15, 0.2) is 46.0 Å². The van der Waals surface area contributed by atoms with Crippen molar-refractivity contribution in [3.05, 3.63) is 47.3 Å². The molecule has 1 saturated heterocycles. The Kier molecular flexibility index (Phi) is 7.69. The van der Waals surface area contributed by atoms with Crippen molar-refractivity contribution in [2.45, 2.75) is 36.8 Å². The van der Waals surface area contributed by atoms with Gasteiger partial charge < -0.3 is 10.1 Å². The Morgan fingerprint density at radius 2 is 2.07 bits per heavy atom. The van der Waals surface area contributed by atoms with Crippen LogP contribution >= 0.6 is 11.3 Å². The lowest BCUT2D eigenvalue weighted by atomic mass is 9.99. The fourth-order valence-corrected chi connectivity index (χ4v) is 6.15. The van der Waals surface area contributed by atoms with Gasteiger partial charge in [0.05, 0.1) is 12.5 Å². The lowest BCUT2D eigenvalue weighted by Crippen LogP contribution is -2.45. The van der Waals surface area contributed by atoms with Crippen LogP contribution in [0.5, 0.6) is 5.75 Å². The predicted octanol–water partition coefficient (Wildman–Crippen LogP) is 3.30. The average Bonchev–Trinajstić information content (AvgIpc) is 3.28. The molecular weight excluding hydrogens is 408 g/mol. The summed E-state index contributed by atoms with van der Waals surface area (Å²) in [4.78, 5) is 12.5. The van der Waals surface area contributed by atoms with E-state index in [4.69, 9.17) is 4.74 Å². The smallest absolute Gasteiger partial charge is 0.252 e. The van der Waals surface area contributed by atoms with Crippen LogP contribution < -0.4 is 10.1 Å². The summed E-state index contributed by atoms with van der Waals surface area (Å²) in [6.07, 6.45) is 3.13. The van der Waals surface area contributed by atoms with E-state index in [0.717, 1.165) is 25.0 Å². The third-order valence-electron chi connectivity index (χ3n) is 5.02. The Bertz CT molecular complexity index is 880. The monoisotopic (exact) mass is 436 g/mol. The molecule has 1 fully saturated rings. The molecule has 0 unspecified atom stereocenters. The molecule has 0 saturated carbocycles. The van der Waals surface area contributed by atoms with E-state index in [1.165, 1.54) is 21.2 Å². The minimum atomic E-state index is -3.49. The third-order valence-corrected chi connectivity index (χ3v) is 8.26. The van der Waals surface area contributed by atoms with E-state index in [1.54, 1.807) is 17.5 Å². The molecule has 0 radical (unpaired) electrons. The number of carbonyl (C=O) groups is 1. The van der Waals surface area contributed by atoms with E-state index in [2.05, 4.69) is 5.32 Å². The molecule has 1 N–H and O–H groups in total. The van der Waals surface area contributed by atoms with Crippen molar-refractivity contribution < 1.29 is 17.9 Å². The number of ether oxygens (including phenoxy) is 1. The molecule has 2 aromatic rings. The largest absolute Gasteiger partial charge is 0.494 e. The van der Waals surface area contributed by atoms with Gasteiger partial charge in [0.2, 0.25) is 5.91 Å². The molecule has 6 nitrogen and oxygen atoms in total. The summed E-state index contributed by atoms with van der Waals surface area (Å²) in [5.74, 6) is 0.524. The molecule has 29 heavy (non-hydrogen) atoms. The number of nitrogens with zero attached hydrogens (tertiary/aromatic N) is 1. The number of hydrogen-bond acceptors (Lipinski definition) is 5. The van der Waals surface area contributed by atoms with Gasteiger partial charge in [-0.25, -0.2) is 8.42 Å². The van der Waals surface area contributed by atoms with Crippen molar-refractivity contribution in [1.82, 2.24) is 9.62 Å². The Labute approximate surface area is 176 Å². The maximum Gasteiger partial charge on any atom is 0.252 e. The minimum absolute atomic E-state index is 0.0530. The predicted molar refractivity (Wildman–Crippen MR) is 115 cm³/mol. The van der Waals surface area contributed by atoms with Crippen LogP contribution in [0.25, 0.3) is 0 Å². The summed E-state index contributed by atoms with van der Waals surface area (Å²) < 4.78 is 32.6. The molecule has 0 aliphatic carbocycles. The zero-order valence-electron chi connectivity index (χ0n) is 16.7. The maximum atomic E-state index is 12.7. The lowest BCUT2D eigenvalue weighted by molar-refractivity contribution is -0.126. The first-order valence-electron chi connectivity index (χ1n) is 10.0. The number of benzene rings is 1. The molecule has 0 bridgehead atoms. The fraction of sp³-hybridized carbons (Fsp3) is 0.476. The summed E-state index contributed by atoms with van der Waals surface area (Å²) in [5.41, 5.74) is 1.20. The second-order valence-electron chi connectivity index (χ2n) is 7.11. The van der Waals surface area contributed by atoms with Gasteiger partial charge in [-0.2, -0.15) is 4.31 Å². The number of thiophene rings is 1. The van der Waals surface area contributed by atoms with Crippen molar-refractivity contribution >= 4 is 27.3 Å².